The molecule has 0 aliphatic rings. The van der Waals surface area contributed by atoms with E-state index in [1.807, 2.05) is 14.0 Å². The highest BCUT2D eigenvalue weighted by molar-refractivity contribution is 5.95. The van der Waals surface area contributed by atoms with E-state index in [0.29, 0.717) is 17.8 Å². The Kier molecular flexibility index (Phi) is 4.37. The van der Waals surface area contributed by atoms with Crippen molar-refractivity contribution in [1.29, 1.82) is 0 Å². The van der Waals surface area contributed by atoms with Crippen molar-refractivity contribution in [1.82, 2.24) is 20.4 Å². The van der Waals surface area contributed by atoms with Crippen molar-refractivity contribution in [3.63, 3.8) is 0 Å². The van der Waals surface area contributed by atoms with E-state index in [1.165, 1.54) is 0 Å². The first kappa shape index (κ1) is 12.6. The zero-order valence-corrected chi connectivity index (χ0v) is 10.2. The Morgan fingerprint density at radius 3 is 2.75 bits per heavy atom. The summed E-state index contributed by atoms with van der Waals surface area (Å²) in [7, 11) is 3.65. The highest BCUT2D eigenvalue weighted by Gasteiger charge is 2.14. The summed E-state index contributed by atoms with van der Waals surface area (Å²) in [5.41, 5.74) is 2.06. The van der Waals surface area contributed by atoms with Crippen LogP contribution in [-0.2, 0) is 0 Å². The Morgan fingerprint density at radius 2 is 2.12 bits per heavy atom. The van der Waals surface area contributed by atoms with Gasteiger partial charge in [0.15, 0.2) is 0 Å². The van der Waals surface area contributed by atoms with Crippen molar-refractivity contribution < 1.29 is 4.79 Å². The summed E-state index contributed by atoms with van der Waals surface area (Å²) in [5.74, 6) is -0.00856. The Bertz CT molecular complexity index is 378. The zero-order valence-electron chi connectivity index (χ0n) is 10.2. The molecule has 0 aliphatic heterocycles. The number of amides is 1. The molecule has 16 heavy (non-hydrogen) atoms. The third-order valence-electron chi connectivity index (χ3n) is 2.38. The molecule has 88 valence electrons. The van der Waals surface area contributed by atoms with Gasteiger partial charge in [0, 0.05) is 20.1 Å². The first-order chi connectivity index (χ1) is 7.56. The molecule has 1 amide bonds. The second kappa shape index (κ2) is 5.55. The van der Waals surface area contributed by atoms with Gasteiger partial charge >= 0.3 is 0 Å². The van der Waals surface area contributed by atoms with Gasteiger partial charge in [-0.05, 0) is 27.0 Å². The molecule has 5 nitrogen and oxygen atoms in total. The lowest BCUT2D eigenvalue weighted by Gasteiger charge is -2.17. The first-order valence-electron chi connectivity index (χ1n) is 5.27. The van der Waals surface area contributed by atoms with E-state index in [1.54, 1.807) is 24.9 Å². The fourth-order valence-corrected chi connectivity index (χ4v) is 1.35. The van der Waals surface area contributed by atoms with Gasteiger partial charge in [-0.25, -0.2) is 0 Å². The molecule has 0 radical (unpaired) electrons. The van der Waals surface area contributed by atoms with Gasteiger partial charge in [-0.15, -0.1) is 0 Å². The lowest BCUT2D eigenvalue weighted by molar-refractivity contribution is 0.0795. The van der Waals surface area contributed by atoms with E-state index in [4.69, 9.17) is 0 Å². The molecule has 0 spiro atoms. The standard InChI is InChI=1S/C11H18N4O/c1-8-7-10(9(2)14-13-8)11(16)15(4)6-5-12-3/h7,12H,5-6H2,1-4H3. The molecule has 1 N–H and O–H groups in total. The van der Waals surface area contributed by atoms with Crippen LogP contribution in [0.3, 0.4) is 0 Å². The van der Waals surface area contributed by atoms with Crippen LogP contribution >= 0.6 is 0 Å². The number of aromatic nitrogens is 2. The summed E-state index contributed by atoms with van der Waals surface area (Å²) < 4.78 is 0. The second-order valence-electron chi connectivity index (χ2n) is 3.82. The van der Waals surface area contributed by atoms with Crippen molar-refractivity contribution in [2.45, 2.75) is 13.8 Å². The third kappa shape index (κ3) is 3.00. The topological polar surface area (TPSA) is 58.1 Å². The van der Waals surface area contributed by atoms with Crippen LogP contribution in [0.15, 0.2) is 6.07 Å². The molecule has 0 saturated heterocycles. The predicted molar refractivity (Wildman–Crippen MR) is 62.4 cm³/mol. The van der Waals surface area contributed by atoms with Crippen molar-refractivity contribution in [2.75, 3.05) is 27.2 Å². The molecule has 0 aliphatic carbocycles. The monoisotopic (exact) mass is 222 g/mol. The van der Waals surface area contributed by atoms with Gasteiger partial charge in [-0.1, -0.05) is 0 Å². The van der Waals surface area contributed by atoms with Crippen molar-refractivity contribution >= 4 is 5.91 Å². The number of aryl methyl sites for hydroxylation is 2. The van der Waals surface area contributed by atoms with Crippen molar-refractivity contribution in [3.8, 4) is 0 Å². The number of carbonyl (C=O) groups excluding carboxylic acids is 1. The average Bonchev–Trinajstić information content (AvgIpc) is 2.28. The fourth-order valence-electron chi connectivity index (χ4n) is 1.35. The third-order valence-corrected chi connectivity index (χ3v) is 2.38. The molecule has 0 fully saturated rings. The van der Waals surface area contributed by atoms with Crippen LogP contribution in [0, 0.1) is 13.8 Å². The smallest absolute Gasteiger partial charge is 0.255 e. The van der Waals surface area contributed by atoms with E-state index in [2.05, 4.69) is 15.5 Å². The Morgan fingerprint density at radius 1 is 1.44 bits per heavy atom. The molecule has 1 heterocycles. The maximum absolute atomic E-state index is 12.1. The molecule has 0 bridgehead atoms. The quantitative estimate of drug-likeness (QED) is 0.800. The molecule has 0 aromatic carbocycles. The van der Waals surface area contributed by atoms with Crippen molar-refractivity contribution in [3.05, 3.63) is 23.0 Å². The highest BCUT2D eigenvalue weighted by Crippen LogP contribution is 2.08. The van der Waals surface area contributed by atoms with E-state index in [9.17, 15) is 4.79 Å². The largest absolute Gasteiger partial charge is 0.340 e. The van der Waals surface area contributed by atoms with E-state index in [-0.39, 0.29) is 5.91 Å². The number of nitrogens with zero attached hydrogens (tertiary/aromatic N) is 3. The normalized spacial score (nSPS) is 10.2. The van der Waals surface area contributed by atoms with Gasteiger partial charge in [0.25, 0.3) is 5.91 Å². The lowest BCUT2D eigenvalue weighted by atomic mass is 10.2. The van der Waals surface area contributed by atoms with Crippen LogP contribution in [0.2, 0.25) is 0 Å². The van der Waals surface area contributed by atoms with Crippen LogP contribution in [0.25, 0.3) is 0 Å². The molecule has 0 atom stereocenters. The van der Waals surface area contributed by atoms with Crippen LogP contribution in [0.4, 0.5) is 0 Å². The number of hydrogen-bond donors (Lipinski definition) is 1. The van der Waals surface area contributed by atoms with E-state index < -0.39 is 0 Å². The molecule has 0 saturated carbocycles. The van der Waals surface area contributed by atoms with Crippen LogP contribution in [-0.4, -0.2) is 48.2 Å². The van der Waals surface area contributed by atoms with E-state index in [0.717, 1.165) is 12.2 Å². The number of hydrogen-bond acceptors (Lipinski definition) is 4. The highest BCUT2D eigenvalue weighted by atomic mass is 16.2. The fraction of sp³-hybridized carbons (Fsp3) is 0.545. The number of rotatable bonds is 4. The van der Waals surface area contributed by atoms with Gasteiger partial charge in [0.2, 0.25) is 0 Å². The maximum Gasteiger partial charge on any atom is 0.255 e. The Labute approximate surface area is 95.9 Å². The Hall–Kier alpha value is -1.49. The first-order valence-corrected chi connectivity index (χ1v) is 5.27. The zero-order chi connectivity index (χ0) is 12.1. The minimum absolute atomic E-state index is 0.00856. The molecule has 0 unspecified atom stereocenters. The SMILES string of the molecule is CNCCN(C)C(=O)c1cc(C)nnc1C. The average molecular weight is 222 g/mol. The van der Waals surface area contributed by atoms with Gasteiger partial charge < -0.3 is 10.2 Å². The van der Waals surface area contributed by atoms with Gasteiger partial charge in [-0.2, -0.15) is 10.2 Å². The van der Waals surface area contributed by atoms with Crippen LogP contribution in [0.1, 0.15) is 21.7 Å². The number of carbonyl (C=O) groups is 1. The molecular weight excluding hydrogens is 204 g/mol. The lowest BCUT2D eigenvalue weighted by Crippen LogP contribution is -2.33. The van der Waals surface area contributed by atoms with E-state index >= 15 is 0 Å². The summed E-state index contributed by atoms with van der Waals surface area (Å²) in [6.07, 6.45) is 0. The summed E-state index contributed by atoms with van der Waals surface area (Å²) in [4.78, 5) is 13.7. The summed E-state index contributed by atoms with van der Waals surface area (Å²) in [6.45, 7) is 5.08. The summed E-state index contributed by atoms with van der Waals surface area (Å²) in [5, 5.41) is 10.9. The molecule has 1 rings (SSSR count). The number of nitrogens with one attached hydrogen (secondary N) is 1. The molecular formula is C11H18N4O. The van der Waals surface area contributed by atoms with Gasteiger partial charge in [-0.3, -0.25) is 4.79 Å². The minimum atomic E-state index is -0.00856. The summed E-state index contributed by atoms with van der Waals surface area (Å²) >= 11 is 0. The molecule has 1 aromatic heterocycles. The second-order valence-corrected chi connectivity index (χ2v) is 3.82. The molecule has 1 aromatic rings. The Balaban J connectivity index is 2.83. The van der Waals surface area contributed by atoms with Crippen molar-refractivity contribution in [2.24, 2.45) is 0 Å². The van der Waals surface area contributed by atoms with Crippen LogP contribution < -0.4 is 5.32 Å². The maximum atomic E-state index is 12.1. The van der Waals surface area contributed by atoms with Crippen LogP contribution in [0.5, 0.6) is 0 Å². The number of likely N-dealkylation sites (N-methyl/N-ethyl adjacent to an activating group) is 2. The van der Waals surface area contributed by atoms with Gasteiger partial charge in [0.1, 0.15) is 0 Å². The summed E-state index contributed by atoms with van der Waals surface area (Å²) in [6, 6.07) is 1.78. The minimum Gasteiger partial charge on any atom is -0.340 e. The van der Waals surface area contributed by atoms with Gasteiger partial charge in [0.05, 0.1) is 17.0 Å². The molecule has 5 heteroatoms. The predicted octanol–water partition coefficient (Wildman–Crippen LogP) is 0.385.